The van der Waals surface area contributed by atoms with E-state index in [2.05, 4.69) is 9.80 Å². The van der Waals surface area contributed by atoms with Gasteiger partial charge in [0.25, 0.3) is 5.91 Å². The van der Waals surface area contributed by atoms with Gasteiger partial charge in [-0.2, -0.15) is 0 Å². The molecule has 0 saturated carbocycles. The Balaban J connectivity index is 1.62. The molecular formula is C20H31N3O3. The Kier molecular flexibility index (Phi) is 6.51. The molecule has 2 fully saturated rings. The third-order valence-corrected chi connectivity index (χ3v) is 5.71. The number of aliphatic hydroxyl groups is 2. The van der Waals surface area contributed by atoms with E-state index in [1.54, 1.807) is 0 Å². The summed E-state index contributed by atoms with van der Waals surface area (Å²) in [6, 6.07) is 7.94. The molecule has 3 rings (SSSR count). The number of rotatable bonds is 7. The minimum atomic E-state index is 0.0451. The van der Waals surface area contributed by atoms with E-state index in [4.69, 9.17) is 5.11 Å². The van der Waals surface area contributed by atoms with Crippen molar-refractivity contribution in [1.82, 2.24) is 9.80 Å². The topological polar surface area (TPSA) is 67.2 Å². The summed E-state index contributed by atoms with van der Waals surface area (Å²) in [6.07, 6.45) is 2.48. The number of carbonyl (C=O) groups excluding carboxylic acids is 1. The van der Waals surface area contributed by atoms with Crippen molar-refractivity contribution in [2.75, 3.05) is 64.4 Å². The summed E-state index contributed by atoms with van der Waals surface area (Å²) in [5, 5.41) is 18.8. The maximum Gasteiger partial charge on any atom is 0.253 e. The second-order valence-corrected chi connectivity index (χ2v) is 7.64. The number of benzene rings is 1. The first-order valence-electron chi connectivity index (χ1n) is 9.67. The van der Waals surface area contributed by atoms with E-state index < -0.39 is 0 Å². The van der Waals surface area contributed by atoms with Crippen molar-refractivity contribution in [2.24, 2.45) is 11.8 Å². The standard InChI is InChI=1S/C20H31N3O3/c1-21(10-11-24)12-17-13-23(14-18(17)15-25)20(26)16-4-6-19(7-5-16)22-8-2-3-9-22/h4-7,17-18,24-25H,2-3,8-15H2,1H3/t17-,18-/m1/s1. The van der Waals surface area contributed by atoms with Crippen molar-refractivity contribution in [2.45, 2.75) is 12.8 Å². The molecule has 26 heavy (non-hydrogen) atoms. The minimum Gasteiger partial charge on any atom is -0.396 e. The smallest absolute Gasteiger partial charge is 0.253 e. The summed E-state index contributed by atoms with van der Waals surface area (Å²) in [5.74, 6) is 0.386. The maximum absolute atomic E-state index is 12.9. The number of likely N-dealkylation sites (N-methyl/N-ethyl adjacent to an activating group) is 1. The Morgan fingerprint density at radius 3 is 2.38 bits per heavy atom. The molecule has 2 saturated heterocycles. The number of hydrogen-bond acceptors (Lipinski definition) is 5. The summed E-state index contributed by atoms with van der Waals surface area (Å²) >= 11 is 0. The summed E-state index contributed by atoms with van der Waals surface area (Å²) in [7, 11) is 1.96. The van der Waals surface area contributed by atoms with Crippen molar-refractivity contribution in [3.8, 4) is 0 Å². The van der Waals surface area contributed by atoms with Crippen LogP contribution in [0.5, 0.6) is 0 Å². The van der Waals surface area contributed by atoms with Gasteiger partial charge in [0.15, 0.2) is 0 Å². The van der Waals surface area contributed by atoms with Crippen molar-refractivity contribution in [3.63, 3.8) is 0 Å². The highest BCUT2D eigenvalue weighted by atomic mass is 16.3. The van der Waals surface area contributed by atoms with Crippen LogP contribution in [0.3, 0.4) is 0 Å². The van der Waals surface area contributed by atoms with Crippen molar-refractivity contribution >= 4 is 11.6 Å². The Labute approximate surface area is 156 Å². The van der Waals surface area contributed by atoms with Gasteiger partial charge in [-0.15, -0.1) is 0 Å². The van der Waals surface area contributed by atoms with Crippen LogP contribution in [0.1, 0.15) is 23.2 Å². The summed E-state index contributed by atoms with van der Waals surface area (Å²) in [6.45, 7) is 5.06. The van der Waals surface area contributed by atoms with Gasteiger partial charge in [-0.25, -0.2) is 0 Å². The van der Waals surface area contributed by atoms with Crippen molar-refractivity contribution < 1.29 is 15.0 Å². The highest BCUT2D eigenvalue weighted by molar-refractivity contribution is 5.94. The van der Waals surface area contributed by atoms with Crippen LogP contribution in [-0.4, -0.2) is 85.5 Å². The van der Waals surface area contributed by atoms with Gasteiger partial charge in [0.2, 0.25) is 0 Å². The molecule has 0 aromatic heterocycles. The molecule has 1 amide bonds. The van der Waals surface area contributed by atoms with Gasteiger partial charge in [0.05, 0.1) is 6.61 Å². The Morgan fingerprint density at radius 2 is 1.77 bits per heavy atom. The van der Waals surface area contributed by atoms with Crippen LogP contribution in [0.2, 0.25) is 0 Å². The molecule has 144 valence electrons. The molecule has 1 aromatic carbocycles. The monoisotopic (exact) mass is 361 g/mol. The van der Waals surface area contributed by atoms with E-state index in [-0.39, 0.29) is 31.0 Å². The molecule has 6 heteroatoms. The highest BCUT2D eigenvalue weighted by Gasteiger charge is 2.35. The second kappa shape index (κ2) is 8.84. The van der Waals surface area contributed by atoms with E-state index in [1.165, 1.54) is 18.5 Å². The number of aliphatic hydroxyl groups excluding tert-OH is 2. The number of nitrogens with zero attached hydrogens (tertiary/aromatic N) is 3. The average Bonchev–Trinajstić information content (AvgIpc) is 3.31. The number of anilines is 1. The molecule has 2 N–H and O–H groups in total. The fourth-order valence-corrected chi connectivity index (χ4v) is 4.15. The lowest BCUT2D eigenvalue weighted by molar-refractivity contribution is 0.0779. The largest absolute Gasteiger partial charge is 0.396 e. The average molecular weight is 361 g/mol. The lowest BCUT2D eigenvalue weighted by Crippen LogP contribution is -2.33. The summed E-state index contributed by atoms with van der Waals surface area (Å²) < 4.78 is 0. The minimum absolute atomic E-state index is 0.0451. The summed E-state index contributed by atoms with van der Waals surface area (Å²) in [5.41, 5.74) is 1.91. The fourth-order valence-electron chi connectivity index (χ4n) is 4.15. The van der Waals surface area contributed by atoms with Crippen LogP contribution in [-0.2, 0) is 0 Å². The van der Waals surface area contributed by atoms with Crippen LogP contribution in [0, 0.1) is 11.8 Å². The van der Waals surface area contributed by atoms with Crippen LogP contribution in [0.25, 0.3) is 0 Å². The molecule has 0 bridgehead atoms. The maximum atomic E-state index is 12.9. The van der Waals surface area contributed by atoms with E-state index in [9.17, 15) is 9.90 Å². The quantitative estimate of drug-likeness (QED) is 0.755. The molecule has 6 nitrogen and oxygen atoms in total. The lowest BCUT2D eigenvalue weighted by Gasteiger charge is -2.23. The van der Waals surface area contributed by atoms with Gasteiger partial charge in [-0.1, -0.05) is 0 Å². The Hall–Kier alpha value is -1.63. The van der Waals surface area contributed by atoms with E-state index in [0.717, 1.165) is 19.6 Å². The molecule has 1 aromatic rings. The van der Waals surface area contributed by atoms with Crippen molar-refractivity contribution in [3.05, 3.63) is 29.8 Å². The van der Waals surface area contributed by atoms with Crippen molar-refractivity contribution in [1.29, 1.82) is 0 Å². The molecular weight excluding hydrogens is 330 g/mol. The third kappa shape index (κ3) is 4.37. The number of likely N-dealkylation sites (tertiary alicyclic amines) is 1. The first-order valence-corrected chi connectivity index (χ1v) is 9.67. The lowest BCUT2D eigenvalue weighted by atomic mass is 9.96. The predicted octanol–water partition coefficient (Wildman–Crippen LogP) is 0.891. The van der Waals surface area contributed by atoms with Crippen LogP contribution < -0.4 is 4.90 Å². The first kappa shape index (κ1) is 19.1. The number of amides is 1. The normalized spacial score (nSPS) is 23.2. The van der Waals surface area contributed by atoms with E-state index >= 15 is 0 Å². The molecule has 0 spiro atoms. The van der Waals surface area contributed by atoms with Crippen LogP contribution >= 0.6 is 0 Å². The van der Waals surface area contributed by atoms with Gasteiger partial charge in [-0.3, -0.25) is 4.79 Å². The first-order chi connectivity index (χ1) is 12.6. The SMILES string of the molecule is CN(CCO)C[C@@H]1CN(C(=O)c2ccc(N3CCCC3)cc2)C[C@@H]1CO. The molecule has 0 radical (unpaired) electrons. The molecule has 2 aliphatic rings. The van der Waals surface area contributed by atoms with Gasteiger partial charge < -0.3 is 24.9 Å². The summed E-state index contributed by atoms with van der Waals surface area (Å²) in [4.78, 5) is 19.2. The van der Waals surface area contributed by atoms with E-state index in [0.29, 0.717) is 25.2 Å². The zero-order valence-corrected chi connectivity index (χ0v) is 15.7. The molecule has 2 atom stereocenters. The van der Waals surface area contributed by atoms with Gasteiger partial charge in [0.1, 0.15) is 0 Å². The third-order valence-electron chi connectivity index (χ3n) is 5.71. The van der Waals surface area contributed by atoms with Gasteiger partial charge in [0, 0.05) is 63.0 Å². The molecule has 2 heterocycles. The van der Waals surface area contributed by atoms with Crippen LogP contribution in [0.4, 0.5) is 5.69 Å². The number of hydrogen-bond donors (Lipinski definition) is 2. The van der Waals surface area contributed by atoms with Gasteiger partial charge in [-0.05, 0) is 50.1 Å². The molecule has 0 unspecified atom stereocenters. The molecule has 2 aliphatic heterocycles. The highest BCUT2D eigenvalue weighted by Crippen LogP contribution is 2.26. The van der Waals surface area contributed by atoms with E-state index in [1.807, 2.05) is 36.2 Å². The Bertz CT molecular complexity index is 586. The fraction of sp³-hybridized carbons (Fsp3) is 0.650. The van der Waals surface area contributed by atoms with Crippen LogP contribution in [0.15, 0.2) is 24.3 Å². The zero-order chi connectivity index (χ0) is 18.5. The number of carbonyl (C=O) groups is 1. The van der Waals surface area contributed by atoms with Gasteiger partial charge >= 0.3 is 0 Å². The zero-order valence-electron chi connectivity index (χ0n) is 15.7. The predicted molar refractivity (Wildman–Crippen MR) is 102 cm³/mol. The Morgan fingerprint density at radius 1 is 1.12 bits per heavy atom. The molecule has 0 aliphatic carbocycles. The second-order valence-electron chi connectivity index (χ2n) is 7.64.